The SMILES string of the molecule is O=C(N/N=C/c1ccc(O)cc1O)c1cc2c(s1)CCCC2. The molecule has 0 fully saturated rings. The van der Waals surface area contributed by atoms with E-state index in [4.69, 9.17) is 0 Å². The molecular formula is C16H16N2O3S. The summed E-state index contributed by atoms with van der Waals surface area (Å²) >= 11 is 1.53. The van der Waals surface area contributed by atoms with Crippen molar-refractivity contribution in [2.24, 2.45) is 5.10 Å². The van der Waals surface area contributed by atoms with Crippen LogP contribution in [0.3, 0.4) is 0 Å². The van der Waals surface area contributed by atoms with E-state index >= 15 is 0 Å². The third-order valence-corrected chi connectivity index (χ3v) is 4.84. The third kappa shape index (κ3) is 3.12. The van der Waals surface area contributed by atoms with Crippen molar-refractivity contribution in [1.29, 1.82) is 0 Å². The number of rotatable bonds is 3. The number of carbonyl (C=O) groups is 1. The van der Waals surface area contributed by atoms with E-state index in [1.54, 1.807) is 0 Å². The second-order valence-electron chi connectivity index (χ2n) is 5.21. The second kappa shape index (κ2) is 6.19. The standard InChI is InChI=1S/C16H16N2O3S/c19-12-6-5-11(13(20)8-12)9-17-18-16(21)15-7-10-3-1-2-4-14(10)22-15/h5-9,19-20H,1-4H2,(H,18,21)/b17-9+. The minimum absolute atomic E-state index is 0.0251. The van der Waals surface area contributed by atoms with Crippen LogP contribution in [0.15, 0.2) is 29.4 Å². The van der Waals surface area contributed by atoms with Crippen LogP contribution < -0.4 is 5.43 Å². The fourth-order valence-electron chi connectivity index (χ4n) is 2.46. The van der Waals surface area contributed by atoms with E-state index in [1.165, 1.54) is 59.0 Å². The lowest BCUT2D eigenvalue weighted by Crippen LogP contribution is -2.16. The van der Waals surface area contributed by atoms with Gasteiger partial charge in [-0.3, -0.25) is 4.79 Å². The van der Waals surface area contributed by atoms with Gasteiger partial charge in [0.05, 0.1) is 11.1 Å². The molecule has 0 saturated carbocycles. The first-order chi connectivity index (χ1) is 10.6. The summed E-state index contributed by atoms with van der Waals surface area (Å²) in [6.45, 7) is 0. The molecule has 2 aromatic rings. The number of nitrogens with one attached hydrogen (secondary N) is 1. The van der Waals surface area contributed by atoms with Gasteiger partial charge >= 0.3 is 0 Å². The van der Waals surface area contributed by atoms with Crippen LogP contribution in [-0.4, -0.2) is 22.3 Å². The molecule has 0 unspecified atom stereocenters. The van der Waals surface area contributed by atoms with E-state index in [-0.39, 0.29) is 17.4 Å². The number of phenols is 2. The van der Waals surface area contributed by atoms with Crippen LogP contribution in [0, 0.1) is 0 Å². The number of aryl methyl sites for hydroxylation is 2. The molecule has 0 saturated heterocycles. The number of amides is 1. The van der Waals surface area contributed by atoms with Crippen molar-refractivity contribution >= 4 is 23.5 Å². The molecule has 1 aliphatic carbocycles. The number of phenolic OH excluding ortho intramolecular Hbond substituents is 2. The molecule has 3 N–H and O–H groups in total. The van der Waals surface area contributed by atoms with Gasteiger partial charge in [-0.1, -0.05) is 0 Å². The Kier molecular flexibility index (Phi) is 4.11. The molecule has 6 heteroatoms. The Morgan fingerprint density at radius 3 is 2.82 bits per heavy atom. The van der Waals surface area contributed by atoms with Crippen LogP contribution in [0.5, 0.6) is 11.5 Å². The predicted molar refractivity (Wildman–Crippen MR) is 85.8 cm³/mol. The topological polar surface area (TPSA) is 81.9 Å². The van der Waals surface area contributed by atoms with Crippen LogP contribution in [0.25, 0.3) is 0 Å². The Labute approximate surface area is 131 Å². The average Bonchev–Trinajstić information content (AvgIpc) is 2.93. The molecule has 0 spiro atoms. The molecule has 0 aliphatic heterocycles. The van der Waals surface area contributed by atoms with Gasteiger partial charge in [0, 0.05) is 16.5 Å². The van der Waals surface area contributed by atoms with Crippen molar-refractivity contribution in [3.05, 3.63) is 45.1 Å². The van der Waals surface area contributed by atoms with Gasteiger partial charge in [0.2, 0.25) is 0 Å². The van der Waals surface area contributed by atoms with Gasteiger partial charge in [-0.05, 0) is 49.4 Å². The summed E-state index contributed by atoms with van der Waals surface area (Å²) in [5.74, 6) is -0.360. The molecule has 5 nitrogen and oxygen atoms in total. The van der Waals surface area contributed by atoms with Crippen LogP contribution in [0.1, 0.15) is 38.5 Å². The van der Waals surface area contributed by atoms with Crippen molar-refractivity contribution in [3.8, 4) is 11.5 Å². The zero-order valence-electron chi connectivity index (χ0n) is 11.9. The van der Waals surface area contributed by atoms with Gasteiger partial charge in [-0.2, -0.15) is 5.10 Å². The molecule has 0 bridgehead atoms. The average molecular weight is 316 g/mol. The molecule has 3 rings (SSSR count). The summed E-state index contributed by atoms with van der Waals surface area (Å²) in [6, 6.07) is 6.12. The summed E-state index contributed by atoms with van der Waals surface area (Å²) in [4.78, 5) is 14.0. The lowest BCUT2D eigenvalue weighted by molar-refractivity contribution is 0.0959. The summed E-state index contributed by atoms with van der Waals surface area (Å²) in [5.41, 5.74) is 4.16. The molecule has 0 atom stereocenters. The van der Waals surface area contributed by atoms with Crippen LogP contribution in [0.2, 0.25) is 0 Å². The number of fused-ring (bicyclic) bond motifs is 1. The first-order valence-electron chi connectivity index (χ1n) is 7.10. The number of hydrogen-bond acceptors (Lipinski definition) is 5. The minimum Gasteiger partial charge on any atom is -0.508 e. The number of hydrogen-bond donors (Lipinski definition) is 3. The van der Waals surface area contributed by atoms with Crippen molar-refractivity contribution in [2.75, 3.05) is 0 Å². The number of carbonyl (C=O) groups excluding carboxylic acids is 1. The molecule has 22 heavy (non-hydrogen) atoms. The third-order valence-electron chi connectivity index (χ3n) is 3.60. The fraction of sp³-hybridized carbons (Fsp3) is 0.250. The highest BCUT2D eigenvalue weighted by Gasteiger charge is 2.16. The fourth-order valence-corrected chi connectivity index (χ4v) is 3.60. The van der Waals surface area contributed by atoms with Crippen LogP contribution >= 0.6 is 11.3 Å². The number of aromatic hydroxyl groups is 2. The summed E-state index contributed by atoms with van der Waals surface area (Å²) in [5, 5.41) is 22.7. The van der Waals surface area contributed by atoms with Crippen molar-refractivity contribution in [3.63, 3.8) is 0 Å². The lowest BCUT2D eigenvalue weighted by Gasteiger charge is -2.08. The maximum atomic E-state index is 12.1. The molecule has 1 aliphatic rings. The highest BCUT2D eigenvalue weighted by molar-refractivity contribution is 7.14. The van der Waals surface area contributed by atoms with Gasteiger partial charge in [-0.15, -0.1) is 11.3 Å². The molecule has 1 heterocycles. The van der Waals surface area contributed by atoms with E-state index < -0.39 is 0 Å². The number of benzene rings is 1. The Balaban J connectivity index is 1.66. The van der Waals surface area contributed by atoms with Crippen molar-refractivity contribution in [2.45, 2.75) is 25.7 Å². The quantitative estimate of drug-likeness (QED) is 0.601. The van der Waals surface area contributed by atoms with E-state index in [9.17, 15) is 15.0 Å². The van der Waals surface area contributed by atoms with E-state index in [0.717, 1.165) is 12.8 Å². The maximum Gasteiger partial charge on any atom is 0.281 e. The van der Waals surface area contributed by atoms with Gasteiger partial charge < -0.3 is 10.2 Å². The summed E-state index contributed by atoms with van der Waals surface area (Å²) < 4.78 is 0. The Morgan fingerprint density at radius 1 is 1.23 bits per heavy atom. The Bertz CT molecular complexity index is 713. The second-order valence-corrected chi connectivity index (χ2v) is 6.35. The molecule has 1 amide bonds. The maximum absolute atomic E-state index is 12.1. The van der Waals surface area contributed by atoms with Gasteiger partial charge in [0.25, 0.3) is 5.91 Å². The van der Waals surface area contributed by atoms with Crippen molar-refractivity contribution in [1.82, 2.24) is 5.43 Å². The van der Waals surface area contributed by atoms with Crippen LogP contribution in [-0.2, 0) is 12.8 Å². The molecular weight excluding hydrogens is 300 g/mol. The van der Waals surface area contributed by atoms with Gasteiger partial charge in [-0.25, -0.2) is 5.43 Å². The normalized spacial score (nSPS) is 14.0. The summed E-state index contributed by atoms with van der Waals surface area (Å²) in [6.07, 6.45) is 5.82. The van der Waals surface area contributed by atoms with E-state index in [2.05, 4.69) is 10.5 Å². The predicted octanol–water partition coefficient (Wildman–Crippen LogP) is 2.80. The minimum atomic E-state index is -0.242. The largest absolute Gasteiger partial charge is 0.508 e. The molecule has 114 valence electrons. The summed E-state index contributed by atoms with van der Waals surface area (Å²) in [7, 11) is 0. The van der Waals surface area contributed by atoms with Gasteiger partial charge in [0.15, 0.2) is 0 Å². The zero-order chi connectivity index (χ0) is 15.5. The molecule has 0 radical (unpaired) electrons. The van der Waals surface area contributed by atoms with E-state index in [0.29, 0.717) is 10.4 Å². The highest BCUT2D eigenvalue weighted by Crippen LogP contribution is 2.29. The number of thiophene rings is 1. The van der Waals surface area contributed by atoms with Crippen molar-refractivity contribution < 1.29 is 15.0 Å². The lowest BCUT2D eigenvalue weighted by atomic mass is 9.99. The Hall–Kier alpha value is -2.34. The van der Waals surface area contributed by atoms with Crippen LogP contribution in [0.4, 0.5) is 0 Å². The Morgan fingerprint density at radius 2 is 2.05 bits per heavy atom. The molecule has 1 aromatic heterocycles. The zero-order valence-corrected chi connectivity index (χ0v) is 12.7. The first kappa shape index (κ1) is 14.6. The van der Waals surface area contributed by atoms with E-state index in [1.807, 2.05) is 6.07 Å². The highest BCUT2D eigenvalue weighted by atomic mass is 32.1. The van der Waals surface area contributed by atoms with Gasteiger partial charge in [0.1, 0.15) is 11.5 Å². The first-order valence-corrected chi connectivity index (χ1v) is 7.92. The number of hydrazone groups is 1. The number of nitrogens with zero attached hydrogens (tertiary/aromatic N) is 1. The monoisotopic (exact) mass is 316 g/mol. The smallest absolute Gasteiger partial charge is 0.281 e. The molecule has 1 aromatic carbocycles.